The molecule has 0 spiro atoms. The number of hydrogen-bond acceptors (Lipinski definition) is 4. The number of benzene rings is 1. The number of alkyl halides is 3. The molecule has 11 heteroatoms. The van der Waals surface area contributed by atoms with Gasteiger partial charge in [0.1, 0.15) is 12.6 Å². The Morgan fingerprint density at radius 3 is 2.62 bits per heavy atom. The van der Waals surface area contributed by atoms with Crippen LogP contribution in [0.2, 0.25) is 5.02 Å². The Labute approximate surface area is 187 Å². The SMILES string of the molecule is O=C(CN1CCN(c2ccc(Cl)cc2)C1=O)N1CCC(Oc2cc(C(F)(F)F)ccn2)C1. The van der Waals surface area contributed by atoms with E-state index in [1.807, 2.05) is 0 Å². The predicted octanol–water partition coefficient (Wildman–Crippen LogP) is 3.68. The molecule has 1 atom stereocenters. The topological polar surface area (TPSA) is 66.0 Å². The summed E-state index contributed by atoms with van der Waals surface area (Å²) < 4.78 is 44.1. The van der Waals surface area contributed by atoms with Gasteiger partial charge in [0.25, 0.3) is 0 Å². The van der Waals surface area contributed by atoms with E-state index in [0.29, 0.717) is 36.8 Å². The van der Waals surface area contributed by atoms with Crippen molar-refractivity contribution in [1.82, 2.24) is 14.8 Å². The fourth-order valence-electron chi connectivity index (χ4n) is 3.73. The van der Waals surface area contributed by atoms with E-state index >= 15 is 0 Å². The first-order valence-electron chi connectivity index (χ1n) is 10.0. The molecule has 1 aromatic heterocycles. The summed E-state index contributed by atoms with van der Waals surface area (Å²) in [6, 6.07) is 8.34. The minimum Gasteiger partial charge on any atom is -0.472 e. The molecule has 2 aromatic rings. The standard InChI is InChI=1S/C21H20ClF3N4O3/c22-15-1-3-16(4-2-15)29-10-9-28(20(29)31)13-19(30)27-8-6-17(12-27)32-18-11-14(5-7-26-18)21(23,24)25/h1-5,7,11,17H,6,8-10,12-13H2. The Morgan fingerprint density at radius 1 is 1.16 bits per heavy atom. The van der Waals surface area contributed by atoms with Crippen molar-refractivity contribution in [3.63, 3.8) is 0 Å². The highest BCUT2D eigenvalue weighted by Crippen LogP contribution is 2.31. The van der Waals surface area contributed by atoms with E-state index in [1.54, 1.807) is 34.1 Å². The van der Waals surface area contributed by atoms with Crippen molar-refractivity contribution in [3.05, 3.63) is 53.2 Å². The quantitative estimate of drug-likeness (QED) is 0.671. The molecule has 170 valence electrons. The molecule has 2 fully saturated rings. The van der Waals surface area contributed by atoms with Crippen LogP contribution >= 0.6 is 11.6 Å². The Bertz CT molecular complexity index is 1000. The van der Waals surface area contributed by atoms with Gasteiger partial charge in [-0.3, -0.25) is 9.69 Å². The lowest BCUT2D eigenvalue weighted by atomic mass is 10.2. The molecule has 32 heavy (non-hydrogen) atoms. The van der Waals surface area contributed by atoms with E-state index < -0.39 is 17.8 Å². The zero-order valence-electron chi connectivity index (χ0n) is 16.9. The fourth-order valence-corrected chi connectivity index (χ4v) is 3.85. The highest BCUT2D eigenvalue weighted by atomic mass is 35.5. The normalized spacial score (nSPS) is 19.1. The molecular weight excluding hydrogens is 449 g/mol. The first kappa shape index (κ1) is 22.2. The molecule has 7 nitrogen and oxygen atoms in total. The zero-order valence-corrected chi connectivity index (χ0v) is 17.6. The lowest BCUT2D eigenvalue weighted by Crippen LogP contribution is -2.42. The van der Waals surface area contributed by atoms with Crippen LogP contribution in [0.5, 0.6) is 5.88 Å². The molecule has 3 heterocycles. The van der Waals surface area contributed by atoms with Gasteiger partial charge in [0.2, 0.25) is 11.8 Å². The average Bonchev–Trinajstić information content (AvgIpc) is 3.36. The second kappa shape index (κ2) is 8.85. The summed E-state index contributed by atoms with van der Waals surface area (Å²) in [6.07, 6.45) is -3.44. The van der Waals surface area contributed by atoms with Gasteiger partial charge in [-0.2, -0.15) is 13.2 Å². The summed E-state index contributed by atoms with van der Waals surface area (Å²) >= 11 is 5.89. The van der Waals surface area contributed by atoms with E-state index in [0.717, 1.165) is 18.3 Å². The molecule has 2 aliphatic heterocycles. The monoisotopic (exact) mass is 468 g/mol. The van der Waals surface area contributed by atoms with Gasteiger partial charge in [0.15, 0.2) is 0 Å². The van der Waals surface area contributed by atoms with Gasteiger partial charge >= 0.3 is 12.2 Å². The number of pyridine rings is 1. The highest BCUT2D eigenvalue weighted by Gasteiger charge is 2.35. The summed E-state index contributed by atoms with van der Waals surface area (Å²) in [5.41, 5.74) is -0.135. The lowest BCUT2D eigenvalue weighted by Gasteiger charge is -2.22. The van der Waals surface area contributed by atoms with Gasteiger partial charge in [-0.25, -0.2) is 9.78 Å². The molecule has 1 aromatic carbocycles. The van der Waals surface area contributed by atoms with Crippen LogP contribution in [0.4, 0.5) is 23.7 Å². The third-order valence-electron chi connectivity index (χ3n) is 5.41. The number of carbonyl (C=O) groups is 2. The van der Waals surface area contributed by atoms with Crippen LogP contribution in [0.15, 0.2) is 42.6 Å². The first-order chi connectivity index (χ1) is 15.2. The van der Waals surface area contributed by atoms with Crippen LogP contribution in [0.25, 0.3) is 0 Å². The molecule has 0 radical (unpaired) electrons. The van der Waals surface area contributed by atoms with Gasteiger partial charge < -0.3 is 14.5 Å². The maximum absolute atomic E-state index is 12.9. The van der Waals surface area contributed by atoms with Crippen molar-refractivity contribution in [1.29, 1.82) is 0 Å². The van der Waals surface area contributed by atoms with Gasteiger partial charge in [0, 0.05) is 49.0 Å². The van der Waals surface area contributed by atoms with E-state index in [2.05, 4.69) is 4.98 Å². The summed E-state index contributed by atoms with van der Waals surface area (Å²) in [7, 11) is 0. The summed E-state index contributed by atoms with van der Waals surface area (Å²) in [4.78, 5) is 33.8. The molecule has 0 saturated carbocycles. The molecule has 0 N–H and O–H groups in total. The lowest BCUT2D eigenvalue weighted by molar-refractivity contribution is -0.137. The van der Waals surface area contributed by atoms with Gasteiger partial charge in [-0.15, -0.1) is 0 Å². The fraction of sp³-hybridized carbons (Fsp3) is 0.381. The van der Waals surface area contributed by atoms with Crippen molar-refractivity contribution >= 4 is 29.2 Å². The van der Waals surface area contributed by atoms with E-state index in [-0.39, 0.29) is 30.9 Å². The molecule has 2 aliphatic rings. The number of nitrogens with zero attached hydrogens (tertiary/aromatic N) is 4. The Hall–Kier alpha value is -3.01. The largest absolute Gasteiger partial charge is 0.472 e. The number of hydrogen-bond donors (Lipinski definition) is 0. The van der Waals surface area contributed by atoms with Crippen LogP contribution in [0.3, 0.4) is 0 Å². The van der Waals surface area contributed by atoms with Crippen molar-refractivity contribution in [2.24, 2.45) is 0 Å². The molecular formula is C21H20ClF3N4O3. The number of urea groups is 1. The number of rotatable bonds is 5. The van der Waals surface area contributed by atoms with E-state index in [4.69, 9.17) is 16.3 Å². The van der Waals surface area contributed by atoms with Crippen molar-refractivity contribution < 1.29 is 27.5 Å². The number of ether oxygens (including phenoxy) is 1. The number of aromatic nitrogens is 1. The smallest absolute Gasteiger partial charge is 0.416 e. The van der Waals surface area contributed by atoms with Crippen LogP contribution in [0.1, 0.15) is 12.0 Å². The van der Waals surface area contributed by atoms with Crippen LogP contribution in [-0.4, -0.2) is 65.5 Å². The van der Waals surface area contributed by atoms with E-state index in [1.165, 1.54) is 4.90 Å². The number of anilines is 1. The molecule has 0 bridgehead atoms. The van der Waals surface area contributed by atoms with Crippen LogP contribution in [-0.2, 0) is 11.0 Å². The maximum atomic E-state index is 12.9. The number of carbonyl (C=O) groups excluding carboxylic acids is 2. The number of amides is 3. The molecule has 2 saturated heterocycles. The van der Waals surface area contributed by atoms with Crippen LogP contribution in [0, 0.1) is 0 Å². The second-order valence-electron chi connectivity index (χ2n) is 7.58. The summed E-state index contributed by atoms with van der Waals surface area (Å²) in [6.45, 7) is 1.42. The van der Waals surface area contributed by atoms with Gasteiger partial charge in [0.05, 0.1) is 12.1 Å². The van der Waals surface area contributed by atoms with E-state index in [9.17, 15) is 22.8 Å². The predicted molar refractivity (Wildman–Crippen MR) is 111 cm³/mol. The minimum atomic E-state index is -4.49. The van der Waals surface area contributed by atoms with Crippen molar-refractivity contribution in [2.45, 2.75) is 18.7 Å². The average molecular weight is 469 g/mol. The Kier molecular flexibility index (Phi) is 6.14. The van der Waals surface area contributed by atoms with Crippen molar-refractivity contribution in [3.8, 4) is 5.88 Å². The maximum Gasteiger partial charge on any atom is 0.416 e. The molecule has 0 aliphatic carbocycles. The molecule has 1 unspecified atom stereocenters. The van der Waals surface area contributed by atoms with Gasteiger partial charge in [-0.1, -0.05) is 11.6 Å². The Balaban J connectivity index is 1.31. The highest BCUT2D eigenvalue weighted by molar-refractivity contribution is 6.30. The summed E-state index contributed by atoms with van der Waals surface area (Å²) in [5, 5.41) is 0.568. The summed E-state index contributed by atoms with van der Waals surface area (Å²) in [5.74, 6) is -0.369. The Morgan fingerprint density at radius 2 is 1.91 bits per heavy atom. The minimum absolute atomic E-state index is 0.0720. The third-order valence-corrected chi connectivity index (χ3v) is 5.66. The zero-order chi connectivity index (χ0) is 22.9. The van der Waals surface area contributed by atoms with Crippen molar-refractivity contribution in [2.75, 3.05) is 37.6 Å². The van der Waals surface area contributed by atoms with Gasteiger partial charge in [-0.05, 0) is 30.3 Å². The number of halogens is 4. The number of likely N-dealkylation sites (tertiary alicyclic amines) is 1. The third kappa shape index (κ3) is 4.90. The molecule has 3 amide bonds. The first-order valence-corrected chi connectivity index (χ1v) is 10.4. The van der Waals surface area contributed by atoms with Crippen LogP contribution < -0.4 is 9.64 Å². The second-order valence-corrected chi connectivity index (χ2v) is 8.02. The molecule has 4 rings (SSSR count).